The topological polar surface area (TPSA) is 0 Å². The quantitative estimate of drug-likeness (QED) is 0.285. The van der Waals surface area contributed by atoms with Crippen LogP contribution in [0.1, 0.15) is 102 Å². The minimum absolute atomic E-state index is 1.24. The van der Waals surface area contributed by atoms with Gasteiger partial charge in [0.15, 0.2) is 0 Å². The molecule has 0 saturated heterocycles. The van der Waals surface area contributed by atoms with Crippen LogP contribution in [0.2, 0.25) is 0 Å². The van der Waals surface area contributed by atoms with E-state index in [1.165, 1.54) is 94.4 Å². The monoisotopic (exact) mass is 380 g/mol. The van der Waals surface area contributed by atoms with Crippen molar-refractivity contribution < 1.29 is 0 Å². The molecular weight excluding hydrogens is 344 g/mol. The summed E-state index contributed by atoms with van der Waals surface area (Å²) in [7, 11) is 0. The van der Waals surface area contributed by atoms with Crippen molar-refractivity contribution >= 4 is 15.9 Å². The van der Waals surface area contributed by atoms with Gasteiger partial charge in [0.1, 0.15) is 0 Å². The highest BCUT2D eigenvalue weighted by Crippen LogP contribution is 2.21. The smallest absolute Gasteiger partial charge is 0.0178 e. The van der Waals surface area contributed by atoms with E-state index < -0.39 is 0 Å². The van der Waals surface area contributed by atoms with Crippen LogP contribution in [0, 0.1) is 0 Å². The fraction of sp³-hybridized carbons (Fsp3) is 0.727. The first-order valence-corrected chi connectivity index (χ1v) is 10.8. The molecule has 132 valence electrons. The molecule has 0 aliphatic heterocycles. The average Bonchev–Trinajstić information content (AvgIpc) is 2.55. The predicted octanol–water partition coefficient (Wildman–Crippen LogP) is 8.26. The third-order valence-electron chi connectivity index (χ3n) is 4.77. The third-order valence-corrected chi connectivity index (χ3v) is 5.26. The summed E-state index contributed by atoms with van der Waals surface area (Å²) in [5.74, 6) is 0. The van der Waals surface area contributed by atoms with E-state index in [1.54, 1.807) is 11.1 Å². The van der Waals surface area contributed by atoms with Gasteiger partial charge in [-0.25, -0.2) is 0 Å². The fourth-order valence-corrected chi connectivity index (χ4v) is 3.67. The van der Waals surface area contributed by atoms with Gasteiger partial charge in [0.25, 0.3) is 0 Å². The lowest BCUT2D eigenvalue weighted by atomic mass is 9.96. The van der Waals surface area contributed by atoms with Gasteiger partial charge in [-0.3, -0.25) is 0 Å². The number of rotatable bonds is 14. The van der Waals surface area contributed by atoms with Crippen LogP contribution in [0.25, 0.3) is 0 Å². The number of halogens is 1. The van der Waals surface area contributed by atoms with Gasteiger partial charge in [-0.2, -0.15) is 0 Å². The lowest BCUT2D eigenvalue weighted by Gasteiger charge is -2.11. The molecule has 1 rings (SSSR count). The molecule has 0 atom stereocenters. The van der Waals surface area contributed by atoms with Crippen LogP contribution in [0.4, 0.5) is 0 Å². The highest BCUT2D eigenvalue weighted by molar-refractivity contribution is 9.10. The molecule has 1 heteroatoms. The molecule has 1 aromatic rings. The third kappa shape index (κ3) is 10.2. The summed E-state index contributed by atoms with van der Waals surface area (Å²) in [5, 5.41) is 0. The second-order valence-electron chi connectivity index (χ2n) is 6.95. The zero-order chi connectivity index (χ0) is 16.8. The van der Waals surface area contributed by atoms with Crippen molar-refractivity contribution in [2.24, 2.45) is 0 Å². The summed E-state index contributed by atoms with van der Waals surface area (Å²) in [5.41, 5.74) is 3.18. The number of benzene rings is 1. The minimum Gasteiger partial charge on any atom is -0.0654 e. The molecule has 0 unspecified atom stereocenters. The summed E-state index contributed by atoms with van der Waals surface area (Å²) in [6.45, 7) is 4.58. The SMILES string of the molecule is CCCCCCCCc1ccc(Br)cc1CCCCCCCC. The Balaban J connectivity index is 2.31. The molecule has 0 aliphatic carbocycles. The molecule has 0 amide bonds. The molecule has 0 bridgehead atoms. The van der Waals surface area contributed by atoms with Crippen LogP contribution in [0.15, 0.2) is 22.7 Å². The van der Waals surface area contributed by atoms with Gasteiger partial charge < -0.3 is 0 Å². The summed E-state index contributed by atoms with van der Waals surface area (Å²) in [6, 6.07) is 6.93. The highest BCUT2D eigenvalue weighted by Gasteiger charge is 2.04. The first-order valence-electron chi connectivity index (χ1n) is 10.0. The van der Waals surface area contributed by atoms with Gasteiger partial charge >= 0.3 is 0 Å². The largest absolute Gasteiger partial charge is 0.0654 e. The van der Waals surface area contributed by atoms with Crippen LogP contribution >= 0.6 is 15.9 Å². The van der Waals surface area contributed by atoms with E-state index in [0.29, 0.717) is 0 Å². The van der Waals surface area contributed by atoms with Gasteiger partial charge in [0, 0.05) is 4.47 Å². The number of unbranched alkanes of at least 4 members (excludes halogenated alkanes) is 10. The van der Waals surface area contributed by atoms with Crippen molar-refractivity contribution in [3.63, 3.8) is 0 Å². The van der Waals surface area contributed by atoms with Crippen molar-refractivity contribution in [2.45, 2.75) is 104 Å². The molecule has 0 fully saturated rings. The molecule has 0 nitrogen and oxygen atoms in total. The van der Waals surface area contributed by atoms with Crippen LogP contribution in [-0.2, 0) is 12.8 Å². The molecule has 0 aromatic heterocycles. The predicted molar refractivity (Wildman–Crippen MR) is 108 cm³/mol. The zero-order valence-electron chi connectivity index (χ0n) is 15.5. The average molecular weight is 381 g/mol. The van der Waals surface area contributed by atoms with Gasteiger partial charge in [-0.1, -0.05) is 100 Å². The molecule has 0 saturated carbocycles. The van der Waals surface area contributed by atoms with Crippen molar-refractivity contribution in [3.05, 3.63) is 33.8 Å². The second-order valence-corrected chi connectivity index (χ2v) is 7.86. The molecule has 0 radical (unpaired) electrons. The lowest BCUT2D eigenvalue weighted by Crippen LogP contribution is -1.96. The van der Waals surface area contributed by atoms with Gasteiger partial charge in [0.2, 0.25) is 0 Å². The van der Waals surface area contributed by atoms with Crippen molar-refractivity contribution in [1.29, 1.82) is 0 Å². The lowest BCUT2D eigenvalue weighted by molar-refractivity contribution is 0.599. The standard InChI is InChI=1S/C22H37Br/c1-3-5-7-9-11-13-15-20-17-18-22(23)19-21(20)16-14-12-10-8-6-4-2/h17-19H,3-16H2,1-2H3. The Bertz CT molecular complexity index is 397. The Kier molecular flexibility index (Phi) is 12.7. The van der Waals surface area contributed by atoms with Gasteiger partial charge in [0.05, 0.1) is 0 Å². The summed E-state index contributed by atoms with van der Waals surface area (Å²) in [4.78, 5) is 0. The molecular formula is C22H37Br. The molecule has 0 N–H and O–H groups in total. The summed E-state index contributed by atoms with van der Waals surface area (Å²) in [6.07, 6.45) is 19.2. The van der Waals surface area contributed by atoms with E-state index in [2.05, 4.69) is 48.0 Å². The minimum atomic E-state index is 1.24. The second kappa shape index (κ2) is 14.1. The van der Waals surface area contributed by atoms with Crippen LogP contribution in [0.3, 0.4) is 0 Å². The van der Waals surface area contributed by atoms with Crippen molar-refractivity contribution in [3.8, 4) is 0 Å². The Hall–Kier alpha value is -0.300. The number of hydrogen-bond acceptors (Lipinski definition) is 0. The Morgan fingerprint density at radius 2 is 1.09 bits per heavy atom. The van der Waals surface area contributed by atoms with Crippen molar-refractivity contribution in [2.75, 3.05) is 0 Å². The van der Waals surface area contributed by atoms with E-state index in [9.17, 15) is 0 Å². The maximum Gasteiger partial charge on any atom is 0.0178 e. The zero-order valence-corrected chi connectivity index (χ0v) is 17.1. The van der Waals surface area contributed by atoms with Crippen molar-refractivity contribution in [1.82, 2.24) is 0 Å². The Labute approximate surface area is 153 Å². The maximum absolute atomic E-state index is 3.65. The fourth-order valence-electron chi connectivity index (χ4n) is 3.26. The first-order chi connectivity index (χ1) is 11.3. The van der Waals surface area contributed by atoms with Gasteiger partial charge in [-0.15, -0.1) is 0 Å². The van der Waals surface area contributed by atoms with E-state index in [4.69, 9.17) is 0 Å². The normalized spacial score (nSPS) is 11.1. The number of aryl methyl sites for hydroxylation is 2. The maximum atomic E-state index is 3.65. The highest BCUT2D eigenvalue weighted by atomic mass is 79.9. The van der Waals surface area contributed by atoms with E-state index >= 15 is 0 Å². The van der Waals surface area contributed by atoms with Crippen LogP contribution < -0.4 is 0 Å². The molecule has 0 aliphatic rings. The summed E-state index contributed by atoms with van der Waals surface area (Å²) >= 11 is 3.65. The Morgan fingerprint density at radius 3 is 1.65 bits per heavy atom. The summed E-state index contributed by atoms with van der Waals surface area (Å²) < 4.78 is 1.24. The van der Waals surface area contributed by atoms with Crippen LogP contribution in [-0.4, -0.2) is 0 Å². The number of hydrogen-bond donors (Lipinski definition) is 0. The molecule has 0 spiro atoms. The van der Waals surface area contributed by atoms with E-state index in [0.717, 1.165) is 0 Å². The van der Waals surface area contributed by atoms with E-state index in [-0.39, 0.29) is 0 Å². The first kappa shape index (κ1) is 20.7. The Morgan fingerprint density at radius 1 is 0.609 bits per heavy atom. The molecule has 23 heavy (non-hydrogen) atoms. The van der Waals surface area contributed by atoms with Crippen LogP contribution in [0.5, 0.6) is 0 Å². The molecule has 1 aromatic carbocycles. The van der Waals surface area contributed by atoms with Gasteiger partial charge in [-0.05, 0) is 48.9 Å². The van der Waals surface area contributed by atoms with E-state index in [1.807, 2.05) is 0 Å². The molecule has 0 heterocycles.